The Kier molecular flexibility index (Phi) is 4.28. The second-order valence-electron chi connectivity index (χ2n) is 5.41. The minimum Gasteiger partial charge on any atom is -0.496 e. The van der Waals surface area contributed by atoms with Crippen molar-refractivity contribution in [2.75, 3.05) is 14.2 Å². The number of hydrogen-bond acceptors (Lipinski definition) is 2. The Morgan fingerprint density at radius 3 is 2.56 bits per heavy atom. The molecule has 18 heavy (non-hydrogen) atoms. The Morgan fingerprint density at radius 1 is 1.28 bits per heavy atom. The van der Waals surface area contributed by atoms with E-state index in [-0.39, 0.29) is 0 Å². The highest BCUT2D eigenvalue weighted by Crippen LogP contribution is 2.33. The smallest absolute Gasteiger partial charge is 0.122 e. The standard InChI is InChI=1S/C16H25NO/c1-4-14-11-13(7-8-15(14)18-3)12-16(17-2)9-5-6-10-16/h7-8,11,17H,4-6,9-10,12H2,1-3H3. The summed E-state index contributed by atoms with van der Waals surface area (Å²) in [6.07, 6.45) is 7.49. The zero-order valence-corrected chi connectivity index (χ0v) is 11.9. The van der Waals surface area contributed by atoms with Crippen LogP contribution in [0, 0.1) is 0 Å². The van der Waals surface area contributed by atoms with Crippen LogP contribution in [0.2, 0.25) is 0 Å². The van der Waals surface area contributed by atoms with Gasteiger partial charge in [0, 0.05) is 5.54 Å². The monoisotopic (exact) mass is 247 g/mol. The van der Waals surface area contributed by atoms with Gasteiger partial charge in [0.1, 0.15) is 5.75 Å². The molecule has 1 fully saturated rings. The van der Waals surface area contributed by atoms with Gasteiger partial charge in [0.15, 0.2) is 0 Å². The first kappa shape index (κ1) is 13.4. The van der Waals surface area contributed by atoms with Crippen LogP contribution in [0.5, 0.6) is 5.75 Å². The van der Waals surface area contributed by atoms with Crippen LogP contribution >= 0.6 is 0 Å². The minimum atomic E-state index is 0.333. The van der Waals surface area contributed by atoms with Crippen LogP contribution in [-0.4, -0.2) is 19.7 Å². The Labute approximate surface area is 111 Å². The van der Waals surface area contributed by atoms with E-state index in [0.29, 0.717) is 5.54 Å². The van der Waals surface area contributed by atoms with E-state index in [1.807, 2.05) is 0 Å². The molecule has 1 aromatic carbocycles. The first-order valence-corrected chi connectivity index (χ1v) is 7.08. The summed E-state index contributed by atoms with van der Waals surface area (Å²) >= 11 is 0. The largest absolute Gasteiger partial charge is 0.496 e. The van der Waals surface area contributed by atoms with Crippen molar-refractivity contribution in [3.05, 3.63) is 29.3 Å². The number of ether oxygens (including phenoxy) is 1. The number of rotatable bonds is 5. The predicted molar refractivity (Wildman–Crippen MR) is 76.3 cm³/mol. The van der Waals surface area contributed by atoms with Crippen LogP contribution in [0.4, 0.5) is 0 Å². The van der Waals surface area contributed by atoms with Crippen molar-refractivity contribution in [3.8, 4) is 5.75 Å². The van der Waals surface area contributed by atoms with Crippen LogP contribution < -0.4 is 10.1 Å². The summed E-state index contributed by atoms with van der Waals surface area (Å²) in [7, 11) is 3.86. The fourth-order valence-corrected chi connectivity index (χ4v) is 3.18. The molecule has 2 heteroatoms. The lowest BCUT2D eigenvalue weighted by atomic mass is 9.88. The summed E-state index contributed by atoms with van der Waals surface area (Å²) in [5.74, 6) is 1.02. The second kappa shape index (κ2) is 5.75. The van der Waals surface area contributed by atoms with Crippen LogP contribution in [-0.2, 0) is 12.8 Å². The summed E-state index contributed by atoms with van der Waals surface area (Å²) in [5, 5.41) is 3.56. The second-order valence-corrected chi connectivity index (χ2v) is 5.41. The molecule has 2 rings (SSSR count). The molecular weight excluding hydrogens is 222 g/mol. The molecule has 1 aromatic rings. The maximum Gasteiger partial charge on any atom is 0.122 e. The molecular formula is C16H25NO. The van der Waals surface area contributed by atoms with Crippen molar-refractivity contribution >= 4 is 0 Å². The first-order chi connectivity index (χ1) is 8.73. The van der Waals surface area contributed by atoms with Crippen LogP contribution in [0.3, 0.4) is 0 Å². The Hall–Kier alpha value is -1.02. The van der Waals surface area contributed by atoms with Gasteiger partial charge in [-0.25, -0.2) is 0 Å². The Balaban J connectivity index is 2.18. The molecule has 1 aliphatic carbocycles. The number of hydrogen-bond donors (Lipinski definition) is 1. The van der Waals surface area contributed by atoms with Crippen molar-refractivity contribution < 1.29 is 4.74 Å². The van der Waals surface area contributed by atoms with Crippen molar-refractivity contribution in [1.29, 1.82) is 0 Å². The number of benzene rings is 1. The van der Waals surface area contributed by atoms with Crippen molar-refractivity contribution in [2.45, 2.75) is 51.0 Å². The summed E-state index contributed by atoms with van der Waals surface area (Å²) in [4.78, 5) is 0. The highest BCUT2D eigenvalue weighted by atomic mass is 16.5. The molecule has 1 aliphatic rings. The number of aryl methyl sites for hydroxylation is 1. The van der Waals surface area contributed by atoms with Crippen LogP contribution in [0.15, 0.2) is 18.2 Å². The molecule has 0 aromatic heterocycles. The van der Waals surface area contributed by atoms with E-state index in [1.54, 1.807) is 7.11 Å². The van der Waals surface area contributed by atoms with E-state index in [4.69, 9.17) is 4.74 Å². The molecule has 0 radical (unpaired) electrons. The van der Waals surface area contributed by atoms with E-state index in [1.165, 1.54) is 36.8 Å². The zero-order valence-electron chi connectivity index (χ0n) is 11.9. The molecule has 0 aliphatic heterocycles. The van der Waals surface area contributed by atoms with E-state index in [2.05, 4.69) is 37.5 Å². The third-order valence-corrected chi connectivity index (χ3v) is 4.36. The summed E-state index contributed by atoms with van der Waals surface area (Å²) in [6, 6.07) is 6.65. The molecule has 0 unspecified atom stereocenters. The van der Waals surface area contributed by atoms with Gasteiger partial charge in [-0.3, -0.25) is 0 Å². The van der Waals surface area contributed by atoms with Crippen LogP contribution in [0.1, 0.15) is 43.7 Å². The number of nitrogens with one attached hydrogen (secondary N) is 1. The lowest BCUT2D eigenvalue weighted by molar-refractivity contribution is 0.356. The van der Waals surface area contributed by atoms with Gasteiger partial charge >= 0.3 is 0 Å². The Bertz CT molecular complexity index is 394. The zero-order chi connectivity index (χ0) is 13.0. The van der Waals surface area contributed by atoms with Gasteiger partial charge in [0.25, 0.3) is 0 Å². The third-order valence-electron chi connectivity index (χ3n) is 4.36. The number of methoxy groups -OCH3 is 1. The first-order valence-electron chi connectivity index (χ1n) is 7.08. The molecule has 0 bridgehead atoms. The van der Waals surface area contributed by atoms with Gasteiger partial charge in [0.2, 0.25) is 0 Å². The SMILES string of the molecule is CCc1cc(CC2(NC)CCCC2)ccc1OC. The topological polar surface area (TPSA) is 21.3 Å². The summed E-state index contributed by atoms with van der Waals surface area (Å²) in [6.45, 7) is 2.19. The maximum absolute atomic E-state index is 5.40. The van der Waals surface area contributed by atoms with Gasteiger partial charge in [-0.1, -0.05) is 31.9 Å². The molecule has 0 atom stereocenters. The van der Waals surface area contributed by atoms with Crippen LogP contribution in [0.25, 0.3) is 0 Å². The van der Waals surface area contributed by atoms with Gasteiger partial charge in [0.05, 0.1) is 7.11 Å². The highest BCUT2D eigenvalue weighted by Gasteiger charge is 2.32. The predicted octanol–water partition coefficient (Wildman–Crippen LogP) is 3.33. The van der Waals surface area contributed by atoms with E-state index >= 15 is 0 Å². The average molecular weight is 247 g/mol. The fourth-order valence-electron chi connectivity index (χ4n) is 3.18. The minimum absolute atomic E-state index is 0.333. The molecule has 0 spiro atoms. The summed E-state index contributed by atoms with van der Waals surface area (Å²) in [5.41, 5.74) is 3.09. The molecule has 0 heterocycles. The molecule has 1 saturated carbocycles. The molecule has 100 valence electrons. The van der Waals surface area contributed by atoms with Crippen molar-refractivity contribution in [3.63, 3.8) is 0 Å². The fraction of sp³-hybridized carbons (Fsp3) is 0.625. The molecule has 2 nitrogen and oxygen atoms in total. The average Bonchev–Trinajstić information content (AvgIpc) is 2.87. The third kappa shape index (κ3) is 2.69. The van der Waals surface area contributed by atoms with Gasteiger partial charge < -0.3 is 10.1 Å². The van der Waals surface area contributed by atoms with E-state index in [9.17, 15) is 0 Å². The number of likely N-dealkylation sites (N-methyl/N-ethyl adjacent to an activating group) is 1. The maximum atomic E-state index is 5.40. The lowest BCUT2D eigenvalue weighted by Gasteiger charge is -2.29. The lowest BCUT2D eigenvalue weighted by Crippen LogP contribution is -2.42. The van der Waals surface area contributed by atoms with Crippen molar-refractivity contribution in [2.24, 2.45) is 0 Å². The highest BCUT2D eigenvalue weighted by molar-refractivity contribution is 5.38. The molecule has 0 saturated heterocycles. The van der Waals surface area contributed by atoms with E-state index < -0.39 is 0 Å². The quantitative estimate of drug-likeness (QED) is 0.861. The van der Waals surface area contributed by atoms with E-state index in [0.717, 1.165) is 18.6 Å². The normalized spacial score (nSPS) is 17.9. The van der Waals surface area contributed by atoms with Gasteiger partial charge in [-0.2, -0.15) is 0 Å². The van der Waals surface area contributed by atoms with Crippen molar-refractivity contribution in [1.82, 2.24) is 5.32 Å². The molecule has 0 amide bonds. The van der Waals surface area contributed by atoms with Gasteiger partial charge in [-0.15, -0.1) is 0 Å². The summed E-state index contributed by atoms with van der Waals surface area (Å²) < 4.78 is 5.40. The molecule has 1 N–H and O–H groups in total. The van der Waals surface area contributed by atoms with Gasteiger partial charge in [-0.05, 0) is 49.9 Å². The Morgan fingerprint density at radius 2 is 2.00 bits per heavy atom.